The zero-order valence-electron chi connectivity index (χ0n) is 6.16. The molecule has 3 heteroatoms. The highest BCUT2D eigenvalue weighted by Gasteiger charge is 1.98. The fourth-order valence-corrected chi connectivity index (χ4v) is 1.16. The molecule has 0 saturated heterocycles. The van der Waals surface area contributed by atoms with E-state index in [0.29, 0.717) is 0 Å². The summed E-state index contributed by atoms with van der Waals surface area (Å²) in [7, 11) is 0. The van der Waals surface area contributed by atoms with Crippen molar-refractivity contribution in [2.24, 2.45) is 0 Å². The molecule has 2 rings (SSSR count). The molecule has 0 aliphatic heterocycles. The molecule has 0 aromatic carbocycles. The van der Waals surface area contributed by atoms with Gasteiger partial charge in [-0.05, 0) is 6.92 Å². The number of aromatic amines is 1. The summed E-state index contributed by atoms with van der Waals surface area (Å²) in [6.45, 7) is 1.81. The molecule has 0 aliphatic rings. The Kier molecular flexibility index (Phi) is 1.12. The van der Waals surface area contributed by atoms with Crippen LogP contribution in [-0.2, 0) is 0 Å². The maximum Gasteiger partial charge on any atom is 0.186 e. The maximum atomic E-state index is 11.1. The van der Waals surface area contributed by atoms with Crippen molar-refractivity contribution in [3.05, 3.63) is 40.4 Å². The van der Waals surface area contributed by atoms with Crippen LogP contribution in [-0.4, -0.2) is 9.38 Å². The third-order valence-corrected chi connectivity index (χ3v) is 1.82. The molecule has 3 nitrogen and oxygen atoms in total. The van der Waals surface area contributed by atoms with E-state index in [1.165, 1.54) is 0 Å². The second-order valence-electron chi connectivity index (χ2n) is 2.52. The van der Waals surface area contributed by atoms with E-state index in [1.807, 2.05) is 23.7 Å². The second kappa shape index (κ2) is 1.99. The van der Waals surface area contributed by atoms with E-state index in [9.17, 15) is 4.79 Å². The summed E-state index contributed by atoms with van der Waals surface area (Å²) in [5, 5.41) is 0. The van der Waals surface area contributed by atoms with Gasteiger partial charge in [-0.25, -0.2) is 0 Å². The van der Waals surface area contributed by atoms with Gasteiger partial charge in [0.05, 0.1) is 0 Å². The molecular weight excluding hydrogens is 140 g/mol. The fourth-order valence-electron chi connectivity index (χ4n) is 1.16. The molecule has 0 aliphatic carbocycles. The van der Waals surface area contributed by atoms with Crippen LogP contribution in [0, 0.1) is 6.92 Å². The van der Waals surface area contributed by atoms with Gasteiger partial charge in [0.25, 0.3) is 0 Å². The highest BCUT2D eigenvalue weighted by molar-refractivity contribution is 5.46. The first-order chi connectivity index (χ1) is 5.29. The molecule has 0 amide bonds. The SMILES string of the molecule is Cc1c(=O)ccn2cc[nH]c12. The summed E-state index contributed by atoms with van der Waals surface area (Å²) in [5.41, 5.74) is 1.71. The topological polar surface area (TPSA) is 37.3 Å². The number of nitrogens with one attached hydrogen (secondary N) is 1. The third-order valence-electron chi connectivity index (χ3n) is 1.82. The van der Waals surface area contributed by atoms with E-state index < -0.39 is 0 Å². The van der Waals surface area contributed by atoms with Gasteiger partial charge in [-0.1, -0.05) is 0 Å². The number of H-pyrrole nitrogens is 1. The van der Waals surface area contributed by atoms with Gasteiger partial charge in [-0.3, -0.25) is 4.79 Å². The van der Waals surface area contributed by atoms with Crippen LogP contribution < -0.4 is 5.43 Å². The van der Waals surface area contributed by atoms with Crippen LogP contribution >= 0.6 is 0 Å². The van der Waals surface area contributed by atoms with E-state index in [0.717, 1.165) is 11.2 Å². The summed E-state index contributed by atoms with van der Waals surface area (Å²) in [6.07, 6.45) is 5.44. The van der Waals surface area contributed by atoms with Crippen molar-refractivity contribution in [2.45, 2.75) is 6.92 Å². The lowest BCUT2D eigenvalue weighted by atomic mass is 10.3. The molecule has 2 aromatic rings. The number of aromatic nitrogens is 2. The number of imidazole rings is 1. The van der Waals surface area contributed by atoms with Crippen molar-refractivity contribution < 1.29 is 0 Å². The normalized spacial score (nSPS) is 10.6. The molecule has 0 radical (unpaired) electrons. The molecule has 56 valence electrons. The molecule has 2 heterocycles. The lowest BCUT2D eigenvalue weighted by Crippen LogP contribution is -2.05. The zero-order valence-corrected chi connectivity index (χ0v) is 6.16. The predicted molar refractivity (Wildman–Crippen MR) is 42.8 cm³/mol. The molecule has 2 aromatic heterocycles. The third kappa shape index (κ3) is 0.774. The van der Waals surface area contributed by atoms with Gasteiger partial charge in [0.1, 0.15) is 5.65 Å². The smallest absolute Gasteiger partial charge is 0.186 e. The van der Waals surface area contributed by atoms with E-state index in [1.54, 1.807) is 12.3 Å². The van der Waals surface area contributed by atoms with Crippen molar-refractivity contribution in [2.75, 3.05) is 0 Å². The van der Waals surface area contributed by atoms with Crippen LogP contribution in [0.2, 0.25) is 0 Å². The first-order valence-corrected chi connectivity index (χ1v) is 3.44. The Hall–Kier alpha value is -1.51. The number of fused-ring (bicyclic) bond motifs is 1. The lowest BCUT2D eigenvalue weighted by molar-refractivity contribution is 1.15. The highest BCUT2D eigenvalue weighted by Crippen LogP contribution is 2.00. The van der Waals surface area contributed by atoms with Gasteiger partial charge in [0, 0.05) is 30.2 Å². The van der Waals surface area contributed by atoms with Gasteiger partial charge in [-0.2, -0.15) is 0 Å². The van der Waals surface area contributed by atoms with Crippen LogP contribution in [0.15, 0.2) is 29.5 Å². The van der Waals surface area contributed by atoms with Gasteiger partial charge in [0.2, 0.25) is 0 Å². The molecule has 11 heavy (non-hydrogen) atoms. The van der Waals surface area contributed by atoms with Crippen LogP contribution in [0.4, 0.5) is 0 Å². The van der Waals surface area contributed by atoms with Crippen molar-refractivity contribution in [1.82, 2.24) is 9.38 Å². The number of hydrogen-bond acceptors (Lipinski definition) is 1. The Bertz CT molecular complexity index is 439. The average Bonchev–Trinajstić information content (AvgIpc) is 2.45. The Morgan fingerprint density at radius 1 is 1.45 bits per heavy atom. The summed E-state index contributed by atoms with van der Waals surface area (Å²) >= 11 is 0. The Labute approximate surface area is 63.3 Å². The predicted octanol–water partition coefficient (Wildman–Crippen LogP) is 0.936. The van der Waals surface area contributed by atoms with Crippen LogP contribution in [0.1, 0.15) is 5.56 Å². The number of rotatable bonds is 0. The first-order valence-electron chi connectivity index (χ1n) is 3.44. The molecule has 0 saturated carbocycles. The molecule has 0 fully saturated rings. The number of pyridine rings is 1. The van der Waals surface area contributed by atoms with Gasteiger partial charge in [0.15, 0.2) is 5.43 Å². The average molecular weight is 148 g/mol. The van der Waals surface area contributed by atoms with E-state index >= 15 is 0 Å². The minimum absolute atomic E-state index is 0.0763. The van der Waals surface area contributed by atoms with Crippen molar-refractivity contribution >= 4 is 5.65 Å². The van der Waals surface area contributed by atoms with Gasteiger partial charge >= 0.3 is 0 Å². The quantitative estimate of drug-likeness (QED) is 0.593. The minimum atomic E-state index is 0.0763. The number of hydrogen-bond donors (Lipinski definition) is 1. The number of nitrogens with zero attached hydrogens (tertiary/aromatic N) is 1. The fraction of sp³-hybridized carbons (Fsp3) is 0.125. The standard InChI is InChI=1S/C8H8N2O/c1-6-7(11)2-4-10-5-3-9-8(6)10/h2-5,9H,1H3. The lowest BCUT2D eigenvalue weighted by Gasteiger charge is -1.94. The number of aryl methyl sites for hydroxylation is 1. The summed E-state index contributed by atoms with van der Waals surface area (Å²) < 4.78 is 1.89. The van der Waals surface area contributed by atoms with Gasteiger partial charge < -0.3 is 9.38 Å². The zero-order chi connectivity index (χ0) is 7.84. The Morgan fingerprint density at radius 2 is 2.27 bits per heavy atom. The van der Waals surface area contributed by atoms with Crippen molar-refractivity contribution in [1.29, 1.82) is 0 Å². The monoisotopic (exact) mass is 148 g/mol. The molecule has 0 atom stereocenters. The molecular formula is C8H8N2O. The summed E-state index contributed by atoms with van der Waals surface area (Å²) in [4.78, 5) is 14.1. The van der Waals surface area contributed by atoms with Crippen LogP contribution in [0.3, 0.4) is 0 Å². The van der Waals surface area contributed by atoms with E-state index in [2.05, 4.69) is 4.98 Å². The molecule has 0 unspecified atom stereocenters. The van der Waals surface area contributed by atoms with E-state index in [-0.39, 0.29) is 5.43 Å². The minimum Gasteiger partial charge on any atom is -0.346 e. The molecule has 1 N–H and O–H groups in total. The highest BCUT2D eigenvalue weighted by atomic mass is 16.1. The van der Waals surface area contributed by atoms with Crippen molar-refractivity contribution in [3.63, 3.8) is 0 Å². The second-order valence-corrected chi connectivity index (χ2v) is 2.52. The Balaban J connectivity index is 3.04. The maximum absolute atomic E-state index is 11.1. The molecule has 0 spiro atoms. The largest absolute Gasteiger partial charge is 0.346 e. The van der Waals surface area contributed by atoms with Gasteiger partial charge in [-0.15, -0.1) is 0 Å². The van der Waals surface area contributed by atoms with Crippen LogP contribution in [0.25, 0.3) is 5.65 Å². The summed E-state index contributed by atoms with van der Waals surface area (Å²) in [6, 6.07) is 1.57. The Morgan fingerprint density at radius 3 is 3.09 bits per heavy atom. The molecule has 0 bridgehead atoms. The summed E-state index contributed by atoms with van der Waals surface area (Å²) in [5.74, 6) is 0. The van der Waals surface area contributed by atoms with Crippen LogP contribution in [0.5, 0.6) is 0 Å². The van der Waals surface area contributed by atoms with E-state index in [4.69, 9.17) is 0 Å². The first kappa shape index (κ1) is 6.22. The van der Waals surface area contributed by atoms with Crippen molar-refractivity contribution in [3.8, 4) is 0 Å².